The molecule has 0 aromatic heterocycles. The summed E-state index contributed by atoms with van der Waals surface area (Å²) in [6, 6.07) is 0.0646. The molecule has 0 spiro atoms. The molecule has 140 valence electrons. The number of halogens is 3. The number of aliphatic imine (C=N–C) groups is 1. The van der Waals surface area contributed by atoms with Gasteiger partial charge in [-0.2, -0.15) is 24.9 Å². The van der Waals surface area contributed by atoms with Crippen LogP contribution in [-0.2, 0) is 4.74 Å². The largest absolute Gasteiger partial charge is 0.391 e. The lowest BCUT2D eigenvalue weighted by Crippen LogP contribution is -2.50. The van der Waals surface area contributed by atoms with Crippen LogP contribution in [0.15, 0.2) is 4.99 Å². The summed E-state index contributed by atoms with van der Waals surface area (Å²) in [7, 11) is 1.70. The van der Waals surface area contributed by atoms with E-state index < -0.39 is 12.1 Å². The number of thioether (sulfide) groups is 1. The van der Waals surface area contributed by atoms with Crippen molar-refractivity contribution in [1.82, 2.24) is 10.6 Å². The van der Waals surface area contributed by atoms with Crippen LogP contribution < -0.4 is 10.6 Å². The Labute approximate surface area is 146 Å². The van der Waals surface area contributed by atoms with E-state index in [0.29, 0.717) is 18.8 Å². The highest BCUT2D eigenvalue weighted by Gasteiger charge is 2.41. The highest BCUT2D eigenvalue weighted by atomic mass is 32.2. The van der Waals surface area contributed by atoms with Crippen molar-refractivity contribution in [2.75, 3.05) is 33.1 Å². The van der Waals surface area contributed by atoms with Crippen molar-refractivity contribution >= 4 is 17.7 Å². The Morgan fingerprint density at radius 2 is 1.83 bits per heavy atom. The molecule has 8 heteroatoms. The number of nitrogens with one attached hydrogen (secondary N) is 2. The van der Waals surface area contributed by atoms with Gasteiger partial charge in [0, 0.05) is 37.6 Å². The molecule has 0 radical (unpaired) electrons. The Morgan fingerprint density at radius 1 is 1.21 bits per heavy atom. The summed E-state index contributed by atoms with van der Waals surface area (Å²) in [6.45, 7) is 2.33. The van der Waals surface area contributed by atoms with E-state index in [4.69, 9.17) is 4.74 Å². The Bertz CT molecular complexity index is 417. The van der Waals surface area contributed by atoms with Gasteiger partial charge in [-0.25, -0.2) is 0 Å². The molecule has 1 aliphatic heterocycles. The van der Waals surface area contributed by atoms with Gasteiger partial charge in [-0.1, -0.05) is 0 Å². The van der Waals surface area contributed by atoms with Crippen molar-refractivity contribution in [3.8, 4) is 0 Å². The molecule has 0 bridgehead atoms. The molecule has 0 unspecified atom stereocenters. The lowest BCUT2D eigenvalue weighted by Gasteiger charge is -2.37. The van der Waals surface area contributed by atoms with E-state index >= 15 is 0 Å². The molecule has 0 aromatic rings. The van der Waals surface area contributed by atoms with Crippen molar-refractivity contribution in [3.05, 3.63) is 0 Å². The van der Waals surface area contributed by atoms with E-state index in [9.17, 15) is 13.2 Å². The van der Waals surface area contributed by atoms with E-state index in [2.05, 4.69) is 21.9 Å². The zero-order chi connectivity index (χ0) is 17.6. The van der Waals surface area contributed by atoms with Crippen LogP contribution in [0.5, 0.6) is 0 Å². The lowest BCUT2D eigenvalue weighted by atomic mass is 9.85. The predicted octanol–water partition coefficient (Wildman–Crippen LogP) is 3.18. The van der Waals surface area contributed by atoms with Gasteiger partial charge >= 0.3 is 6.18 Å². The van der Waals surface area contributed by atoms with Gasteiger partial charge in [0.25, 0.3) is 0 Å². The molecule has 1 saturated carbocycles. The number of alkyl halides is 3. The molecule has 2 fully saturated rings. The zero-order valence-electron chi connectivity index (χ0n) is 14.4. The van der Waals surface area contributed by atoms with Crippen LogP contribution in [0.2, 0.25) is 0 Å². The van der Waals surface area contributed by atoms with Gasteiger partial charge in [0.15, 0.2) is 5.96 Å². The summed E-state index contributed by atoms with van der Waals surface area (Å²) in [5.74, 6) is -0.460. The van der Waals surface area contributed by atoms with E-state index in [1.807, 2.05) is 11.8 Å². The monoisotopic (exact) mass is 367 g/mol. The lowest BCUT2D eigenvalue weighted by molar-refractivity contribution is -0.182. The number of hydrogen-bond donors (Lipinski definition) is 2. The number of nitrogens with zero attached hydrogens (tertiary/aromatic N) is 1. The van der Waals surface area contributed by atoms with Crippen LogP contribution in [0.1, 0.15) is 38.5 Å². The van der Waals surface area contributed by atoms with Crippen molar-refractivity contribution < 1.29 is 17.9 Å². The van der Waals surface area contributed by atoms with Crippen molar-refractivity contribution in [2.24, 2.45) is 10.9 Å². The molecule has 2 aliphatic rings. The van der Waals surface area contributed by atoms with E-state index in [1.165, 1.54) is 0 Å². The predicted molar refractivity (Wildman–Crippen MR) is 92.6 cm³/mol. The standard InChI is InChI=1S/C16H28F3N3OS/c1-20-14(21-11-15(24-2)7-9-23-10-8-15)22-13-5-3-12(4-6-13)16(17,18)19/h12-13H,3-11H2,1-2H3,(H2,20,21,22). The third-order valence-corrected chi connectivity index (χ3v) is 6.59. The van der Waals surface area contributed by atoms with E-state index in [1.54, 1.807) is 7.05 Å². The maximum atomic E-state index is 12.7. The molecule has 24 heavy (non-hydrogen) atoms. The van der Waals surface area contributed by atoms with Crippen LogP contribution in [0.3, 0.4) is 0 Å². The quantitative estimate of drug-likeness (QED) is 0.592. The van der Waals surface area contributed by atoms with Gasteiger partial charge in [-0.15, -0.1) is 0 Å². The summed E-state index contributed by atoms with van der Waals surface area (Å²) < 4.78 is 43.8. The average Bonchev–Trinajstić information content (AvgIpc) is 2.59. The molecule has 1 aliphatic carbocycles. The Morgan fingerprint density at radius 3 is 2.33 bits per heavy atom. The molecule has 2 N–H and O–H groups in total. The second-order valence-corrected chi connectivity index (χ2v) is 7.93. The van der Waals surface area contributed by atoms with Gasteiger partial charge in [-0.05, 0) is 44.8 Å². The Hall–Kier alpha value is -0.630. The second-order valence-electron chi connectivity index (χ2n) is 6.66. The smallest absolute Gasteiger partial charge is 0.381 e. The fraction of sp³-hybridized carbons (Fsp3) is 0.938. The Kier molecular flexibility index (Phi) is 7.10. The summed E-state index contributed by atoms with van der Waals surface area (Å²) in [6.07, 6.45) is 1.51. The fourth-order valence-corrected chi connectivity index (χ4v) is 4.19. The van der Waals surface area contributed by atoms with Crippen LogP contribution in [0.25, 0.3) is 0 Å². The van der Waals surface area contributed by atoms with Gasteiger partial charge in [0.05, 0.1) is 5.92 Å². The minimum atomic E-state index is -4.06. The van der Waals surface area contributed by atoms with Gasteiger partial charge < -0.3 is 15.4 Å². The first kappa shape index (κ1) is 19.7. The average molecular weight is 367 g/mol. The number of hydrogen-bond acceptors (Lipinski definition) is 3. The molecular formula is C16H28F3N3OS. The topological polar surface area (TPSA) is 45.7 Å². The molecular weight excluding hydrogens is 339 g/mol. The SMILES string of the molecule is CN=C(NCC1(SC)CCOCC1)NC1CCC(C(F)(F)F)CC1. The summed E-state index contributed by atoms with van der Waals surface area (Å²) in [5, 5.41) is 6.65. The maximum absolute atomic E-state index is 12.7. The first-order valence-electron chi connectivity index (χ1n) is 8.55. The van der Waals surface area contributed by atoms with Crippen molar-refractivity contribution in [2.45, 2.75) is 55.5 Å². The number of guanidine groups is 1. The molecule has 1 heterocycles. The van der Waals surface area contributed by atoms with Crippen LogP contribution in [0, 0.1) is 5.92 Å². The first-order chi connectivity index (χ1) is 11.4. The highest BCUT2D eigenvalue weighted by Crippen LogP contribution is 2.37. The molecule has 1 saturated heterocycles. The third-order valence-electron chi connectivity index (χ3n) is 5.17. The first-order valence-corrected chi connectivity index (χ1v) is 9.78. The van der Waals surface area contributed by atoms with Gasteiger partial charge in [0.2, 0.25) is 0 Å². The number of ether oxygens (including phenoxy) is 1. The maximum Gasteiger partial charge on any atom is 0.391 e. The van der Waals surface area contributed by atoms with Crippen LogP contribution in [-0.4, -0.2) is 56.0 Å². The molecule has 0 atom stereocenters. The zero-order valence-corrected chi connectivity index (χ0v) is 15.2. The van der Waals surface area contributed by atoms with E-state index in [0.717, 1.165) is 32.6 Å². The van der Waals surface area contributed by atoms with Crippen LogP contribution in [0.4, 0.5) is 13.2 Å². The van der Waals surface area contributed by atoms with Gasteiger partial charge in [-0.3, -0.25) is 4.99 Å². The third kappa shape index (κ3) is 5.44. The fourth-order valence-electron chi connectivity index (χ4n) is 3.39. The summed E-state index contributed by atoms with van der Waals surface area (Å²) >= 11 is 1.84. The minimum Gasteiger partial charge on any atom is -0.381 e. The van der Waals surface area contributed by atoms with Gasteiger partial charge in [0.1, 0.15) is 0 Å². The number of rotatable bonds is 4. The summed E-state index contributed by atoms with van der Waals surface area (Å²) in [4.78, 5) is 4.23. The highest BCUT2D eigenvalue weighted by molar-refractivity contribution is 8.00. The minimum absolute atomic E-state index is 0.0646. The molecule has 4 nitrogen and oxygen atoms in total. The Balaban J connectivity index is 1.79. The molecule has 2 rings (SSSR count). The van der Waals surface area contributed by atoms with Crippen molar-refractivity contribution in [1.29, 1.82) is 0 Å². The second kappa shape index (κ2) is 8.65. The normalized spacial score (nSPS) is 28.5. The van der Waals surface area contributed by atoms with E-state index in [-0.39, 0.29) is 23.6 Å². The molecule has 0 aromatic carbocycles. The van der Waals surface area contributed by atoms with Crippen molar-refractivity contribution in [3.63, 3.8) is 0 Å². The molecule has 0 amide bonds. The van der Waals surface area contributed by atoms with Crippen LogP contribution >= 0.6 is 11.8 Å². The summed E-state index contributed by atoms with van der Waals surface area (Å²) in [5.41, 5.74) is 0.